The Kier molecular flexibility index (Phi) is 5.51. The molecule has 0 aliphatic rings. The van der Waals surface area contributed by atoms with E-state index >= 15 is 0 Å². The molecule has 1 aromatic heterocycles. The Balaban J connectivity index is 1.48. The third-order valence-electron chi connectivity index (χ3n) is 4.55. The molecular weight excluding hydrogens is 449 g/mol. The first-order chi connectivity index (χ1) is 15.1. The Bertz CT molecular complexity index is 1350. The average Bonchev–Trinajstić information content (AvgIpc) is 3.19. The summed E-state index contributed by atoms with van der Waals surface area (Å²) in [7, 11) is 0. The second-order valence-corrected chi connectivity index (χ2v) is 8.66. The second-order valence-electron chi connectivity index (χ2n) is 6.76. The van der Waals surface area contributed by atoms with Crippen LogP contribution in [-0.2, 0) is 0 Å². The van der Waals surface area contributed by atoms with Gasteiger partial charge in [-0.3, -0.25) is 0 Å². The highest BCUT2D eigenvalue weighted by molar-refractivity contribution is 7.21. The zero-order valence-corrected chi connectivity index (χ0v) is 18.4. The second kappa shape index (κ2) is 8.60. The molecule has 0 aliphatic carbocycles. The highest BCUT2D eigenvalue weighted by Crippen LogP contribution is 2.40. The Hall–Kier alpha value is -3.05. The third kappa shape index (κ3) is 4.52. The van der Waals surface area contributed by atoms with E-state index in [0.717, 1.165) is 32.3 Å². The van der Waals surface area contributed by atoms with Crippen LogP contribution in [0.15, 0.2) is 91.0 Å². The molecular formula is C25H15Cl2NO2S. The lowest BCUT2D eigenvalue weighted by Gasteiger charge is -2.10. The van der Waals surface area contributed by atoms with Gasteiger partial charge < -0.3 is 9.47 Å². The Morgan fingerprint density at radius 3 is 2.16 bits per heavy atom. The predicted molar refractivity (Wildman–Crippen MR) is 128 cm³/mol. The summed E-state index contributed by atoms with van der Waals surface area (Å²) in [5.41, 5.74) is 1.74. The molecule has 152 valence electrons. The van der Waals surface area contributed by atoms with Gasteiger partial charge in [-0.1, -0.05) is 41.4 Å². The lowest BCUT2D eigenvalue weighted by molar-refractivity contribution is 0.483. The van der Waals surface area contributed by atoms with Crippen LogP contribution in [-0.4, -0.2) is 4.98 Å². The third-order valence-corrected chi connectivity index (χ3v) is 6.11. The number of rotatable bonds is 5. The van der Waals surface area contributed by atoms with E-state index in [9.17, 15) is 0 Å². The smallest absolute Gasteiger partial charge is 0.139 e. The number of para-hydroxylation sites is 1. The Labute approximate surface area is 193 Å². The molecule has 0 fully saturated rings. The van der Waals surface area contributed by atoms with Crippen LogP contribution in [0.3, 0.4) is 0 Å². The van der Waals surface area contributed by atoms with E-state index in [1.807, 2.05) is 78.9 Å². The molecule has 0 spiro atoms. The number of ether oxygens (including phenoxy) is 2. The van der Waals surface area contributed by atoms with Crippen LogP contribution in [0.4, 0.5) is 0 Å². The lowest BCUT2D eigenvalue weighted by atomic mass is 10.2. The summed E-state index contributed by atoms with van der Waals surface area (Å²) in [5.74, 6) is 2.83. The van der Waals surface area contributed by atoms with Gasteiger partial charge in [-0.25, -0.2) is 4.98 Å². The average molecular weight is 464 g/mol. The molecule has 0 radical (unpaired) electrons. The van der Waals surface area contributed by atoms with Gasteiger partial charge in [0.2, 0.25) is 0 Å². The van der Waals surface area contributed by atoms with E-state index in [1.54, 1.807) is 23.5 Å². The van der Waals surface area contributed by atoms with E-state index in [1.165, 1.54) is 0 Å². The van der Waals surface area contributed by atoms with Gasteiger partial charge in [0, 0.05) is 22.2 Å². The monoisotopic (exact) mass is 463 g/mol. The highest BCUT2D eigenvalue weighted by atomic mass is 35.5. The minimum Gasteiger partial charge on any atom is -0.457 e. The Morgan fingerprint density at radius 1 is 0.645 bits per heavy atom. The van der Waals surface area contributed by atoms with Crippen molar-refractivity contribution in [1.29, 1.82) is 0 Å². The van der Waals surface area contributed by atoms with Crippen LogP contribution in [0, 0.1) is 0 Å². The van der Waals surface area contributed by atoms with Crippen molar-refractivity contribution in [2.45, 2.75) is 0 Å². The maximum absolute atomic E-state index is 6.23. The number of benzene rings is 4. The van der Waals surface area contributed by atoms with Crippen molar-refractivity contribution in [2.24, 2.45) is 0 Å². The van der Waals surface area contributed by atoms with Gasteiger partial charge in [0.15, 0.2) is 0 Å². The zero-order chi connectivity index (χ0) is 21.2. The molecule has 1 heterocycles. The lowest BCUT2D eigenvalue weighted by Crippen LogP contribution is -1.88. The largest absolute Gasteiger partial charge is 0.457 e. The maximum atomic E-state index is 6.23. The van der Waals surface area contributed by atoms with Crippen molar-refractivity contribution < 1.29 is 9.47 Å². The minimum atomic E-state index is 0.606. The number of halogens is 2. The predicted octanol–water partition coefficient (Wildman–Crippen LogP) is 8.85. The zero-order valence-electron chi connectivity index (χ0n) is 16.1. The number of thiazole rings is 1. The molecule has 0 unspecified atom stereocenters. The van der Waals surface area contributed by atoms with Crippen molar-refractivity contribution in [3.63, 3.8) is 0 Å². The van der Waals surface area contributed by atoms with Crippen molar-refractivity contribution >= 4 is 44.8 Å². The summed E-state index contributed by atoms with van der Waals surface area (Å²) in [5, 5.41) is 2.12. The molecule has 3 nitrogen and oxygen atoms in total. The molecule has 0 bridgehead atoms. The van der Waals surface area contributed by atoms with Crippen LogP contribution in [0.25, 0.3) is 20.8 Å². The van der Waals surface area contributed by atoms with Crippen molar-refractivity contribution in [3.05, 3.63) is 101 Å². The highest BCUT2D eigenvalue weighted by Gasteiger charge is 2.14. The molecule has 0 saturated heterocycles. The number of hydrogen-bond acceptors (Lipinski definition) is 4. The molecule has 31 heavy (non-hydrogen) atoms. The van der Waals surface area contributed by atoms with Crippen LogP contribution in [0.1, 0.15) is 0 Å². The summed E-state index contributed by atoms with van der Waals surface area (Å²) in [6, 6.07) is 28.3. The normalized spacial score (nSPS) is 10.9. The van der Waals surface area contributed by atoms with E-state index in [-0.39, 0.29) is 0 Å². The first-order valence-electron chi connectivity index (χ1n) is 9.51. The molecule has 0 N–H and O–H groups in total. The summed E-state index contributed by atoms with van der Waals surface area (Å²) in [6.45, 7) is 0. The fourth-order valence-electron chi connectivity index (χ4n) is 3.10. The summed E-state index contributed by atoms with van der Waals surface area (Å²) in [4.78, 5) is 4.83. The van der Waals surface area contributed by atoms with Gasteiger partial charge in [0.1, 0.15) is 28.0 Å². The molecule has 6 heteroatoms. The quantitative estimate of drug-likeness (QED) is 0.260. The fraction of sp³-hybridized carbons (Fsp3) is 0. The molecule has 4 aromatic carbocycles. The topological polar surface area (TPSA) is 31.4 Å². The SMILES string of the molecule is Clc1ccc(Oc2ccc3sc(-c4ccc(Cl)cc4Oc4ccccc4)nc3c2)cc1. The van der Waals surface area contributed by atoms with Crippen molar-refractivity contribution in [3.8, 4) is 33.6 Å². The summed E-state index contributed by atoms with van der Waals surface area (Å²) in [6.07, 6.45) is 0. The standard InChI is InChI=1S/C25H15Cl2NO2S/c26-16-6-9-19(10-7-16)29-20-11-13-24-22(15-20)28-25(31-24)21-12-8-17(27)14-23(21)30-18-4-2-1-3-5-18/h1-15H. The van der Waals surface area contributed by atoms with E-state index in [2.05, 4.69) is 0 Å². The summed E-state index contributed by atoms with van der Waals surface area (Å²) >= 11 is 13.8. The van der Waals surface area contributed by atoms with Gasteiger partial charge >= 0.3 is 0 Å². The van der Waals surface area contributed by atoms with Crippen LogP contribution in [0.5, 0.6) is 23.0 Å². The number of aromatic nitrogens is 1. The molecule has 0 aliphatic heterocycles. The number of hydrogen-bond donors (Lipinski definition) is 0. The van der Waals surface area contributed by atoms with E-state index in [0.29, 0.717) is 21.5 Å². The molecule has 0 atom stereocenters. The molecule has 0 amide bonds. The van der Waals surface area contributed by atoms with Gasteiger partial charge in [-0.15, -0.1) is 11.3 Å². The fourth-order valence-corrected chi connectivity index (χ4v) is 4.36. The van der Waals surface area contributed by atoms with Gasteiger partial charge in [0.25, 0.3) is 0 Å². The molecule has 5 aromatic rings. The molecule has 0 saturated carbocycles. The first-order valence-corrected chi connectivity index (χ1v) is 11.1. The summed E-state index contributed by atoms with van der Waals surface area (Å²) < 4.78 is 13.1. The Morgan fingerprint density at radius 2 is 1.35 bits per heavy atom. The first kappa shape index (κ1) is 19.9. The van der Waals surface area contributed by atoms with Crippen LogP contribution in [0.2, 0.25) is 10.0 Å². The minimum absolute atomic E-state index is 0.606. The number of fused-ring (bicyclic) bond motifs is 1. The van der Waals surface area contributed by atoms with E-state index < -0.39 is 0 Å². The molecule has 5 rings (SSSR count). The van der Waals surface area contributed by atoms with Crippen LogP contribution < -0.4 is 9.47 Å². The van der Waals surface area contributed by atoms with Crippen molar-refractivity contribution in [1.82, 2.24) is 4.98 Å². The van der Waals surface area contributed by atoms with Gasteiger partial charge in [-0.05, 0) is 60.7 Å². The van der Waals surface area contributed by atoms with Crippen LogP contribution >= 0.6 is 34.5 Å². The van der Waals surface area contributed by atoms with Gasteiger partial charge in [0.05, 0.1) is 15.8 Å². The van der Waals surface area contributed by atoms with Crippen molar-refractivity contribution in [2.75, 3.05) is 0 Å². The maximum Gasteiger partial charge on any atom is 0.139 e. The van der Waals surface area contributed by atoms with Gasteiger partial charge in [-0.2, -0.15) is 0 Å². The van der Waals surface area contributed by atoms with E-state index in [4.69, 9.17) is 37.7 Å². The number of nitrogens with zero attached hydrogens (tertiary/aromatic N) is 1.